The van der Waals surface area contributed by atoms with Crippen molar-refractivity contribution in [1.82, 2.24) is 0 Å². The van der Waals surface area contributed by atoms with Crippen LogP contribution in [0.4, 0.5) is 4.53 Å². The van der Waals surface area contributed by atoms with E-state index in [2.05, 4.69) is 4.94 Å². The third-order valence-electron chi connectivity index (χ3n) is 2.54. The fourth-order valence-electron chi connectivity index (χ4n) is 1.60. The van der Waals surface area contributed by atoms with Crippen LogP contribution in [0.2, 0.25) is 0 Å². The molecule has 0 unspecified atom stereocenters. The quantitative estimate of drug-likeness (QED) is 0.404. The topological polar surface area (TPSA) is 43.4 Å². The van der Waals surface area contributed by atoms with Gasteiger partial charge in [-0.05, 0) is 12.8 Å². The first kappa shape index (κ1) is 15.1. The van der Waals surface area contributed by atoms with Gasteiger partial charge in [0.15, 0.2) is 0 Å². The minimum absolute atomic E-state index is 0.176. The molecule has 0 amide bonds. The van der Waals surface area contributed by atoms with Gasteiger partial charge in [-0.1, -0.05) is 38.5 Å². The van der Waals surface area contributed by atoms with Crippen LogP contribution in [0, 0.1) is 0 Å². The molecule has 0 heterocycles. The van der Waals surface area contributed by atoms with Gasteiger partial charge in [-0.3, -0.25) is 4.94 Å². The molecule has 0 aromatic carbocycles. The zero-order chi connectivity index (χ0) is 12.1. The lowest BCUT2D eigenvalue weighted by molar-refractivity contribution is -0.183. The molecule has 0 spiro atoms. The van der Waals surface area contributed by atoms with E-state index in [4.69, 9.17) is 0 Å². The first-order chi connectivity index (χ1) is 7.81. The summed E-state index contributed by atoms with van der Waals surface area (Å²) in [6.07, 6.45) is 10.1. The maximum atomic E-state index is 11.3. The average Bonchev–Trinajstić information content (AvgIpc) is 2.31. The minimum Gasteiger partial charge on any atom is -0.303 e. The molecule has 0 atom stereocenters. The molecule has 3 nitrogen and oxygen atoms in total. The normalized spacial score (nSPS) is 10.1. The van der Waals surface area contributed by atoms with Crippen molar-refractivity contribution in [3.8, 4) is 0 Å². The van der Waals surface area contributed by atoms with E-state index in [0.29, 0.717) is 12.8 Å². The summed E-state index contributed by atoms with van der Waals surface area (Å²) in [5, 5.41) is 0. The second kappa shape index (κ2) is 12.1. The SMILES string of the molecule is O=CCCCCCCCCCCC(=O)OF. The summed E-state index contributed by atoms with van der Waals surface area (Å²) in [6.45, 7) is 0. The molecule has 0 aliphatic heterocycles. The van der Waals surface area contributed by atoms with E-state index >= 15 is 0 Å². The number of carbonyl (C=O) groups excluding carboxylic acids is 2. The van der Waals surface area contributed by atoms with Crippen molar-refractivity contribution in [2.24, 2.45) is 0 Å². The van der Waals surface area contributed by atoms with Crippen LogP contribution in [-0.2, 0) is 14.5 Å². The van der Waals surface area contributed by atoms with Crippen molar-refractivity contribution < 1.29 is 19.1 Å². The van der Waals surface area contributed by atoms with Gasteiger partial charge in [-0.15, -0.1) is 0 Å². The van der Waals surface area contributed by atoms with E-state index in [-0.39, 0.29) is 6.42 Å². The highest BCUT2D eigenvalue weighted by Gasteiger charge is 2.01. The zero-order valence-electron chi connectivity index (χ0n) is 9.75. The zero-order valence-corrected chi connectivity index (χ0v) is 9.75. The van der Waals surface area contributed by atoms with Crippen molar-refractivity contribution in [3.63, 3.8) is 0 Å². The monoisotopic (exact) mass is 232 g/mol. The molecule has 16 heavy (non-hydrogen) atoms. The molecule has 0 N–H and O–H groups in total. The highest BCUT2D eigenvalue weighted by Crippen LogP contribution is 2.10. The first-order valence-corrected chi connectivity index (χ1v) is 6.06. The van der Waals surface area contributed by atoms with Crippen LogP contribution < -0.4 is 0 Å². The van der Waals surface area contributed by atoms with E-state index in [1.807, 2.05) is 0 Å². The van der Waals surface area contributed by atoms with E-state index < -0.39 is 5.97 Å². The summed E-state index contributed by atoms with van der Waals surface area (Å²) in [6, 6.07) is 0. The molecule has 0 bridgehead atoms. The van der Waals surface area contributed by atoms with Crippen LogP contribution in [0.3, 0.4) is 0 Å². The maximum absolute atomic E-state index is 11.3. The first-order valence-electron chi connectivity index (χ1n) is 6.06. The number of hydrogen-bond acceptors (Lipinski definition) is 3. The Morgan fingerprint density at radius 1 is 0.938 bits per heavy atom. The molecule has 4 heteroatoms. The third-order valence-corrected chi connectivity index (χ3v) is 2.54. The summed E-state index contributed by atoms with van der Waals surface area (Å²) in [7, 11) is 0. The Balaban J connectivity index is 2.98. The van der Waals surface area contributed by atoms with E-state index in [0.717, 1.165) is 38.4 Å². The Morgan fingerprint density at radius 3 is 1.94 bits per heavy atom. The van der Waals surface area contributed by atoms with Gasteiger partial charge in [0.1, 0.15) is 6.29 Å². The molecule has 0 aromatic rings. The summed E-state index contributed by atoms with van der Waals surface area (Å²) in [5.74, 6) is -0.770. The average molecular weight is 232 g/mol. The van der Waals surface area contributed by atoms with Crippen molar-refractivity contribution in [3.05, 3.63) is 0 Å². The molecule has 0 radical (unpaired) electrons. The smallest absolute Gasteiger partial charge is 0.303 e. The van der Waals surface area contributed by atoms with Crippen LogP contribution in [-0.4, -0.2) is 12.3 Å². The van der Waals surface area contributed by atoms with Crippen LogP contribution in [0.25, 0.3) is 0 Å². The van der Waals surface area contributed by atoms with Crippen molar-refractivity contribution in [2.75, 3.05) is 0 Å². The van der Waals surface area contributed by atoms with Gasteiger partial charge in [0.05, 0.1) is 0 Å². The van der Waals surface area contributed by atoms with Gasteiger partial charge in [0, 0.05) is 17.4 Å². The molecule has 0 aliphatic carbocycles. The second-order valence-electron chi connectivity index (χ2n) is 3.98. The van der Waals surface area contributed by atoms with E-state index in [1.54, 1.807) is 0 Å². The Kier molecular flexibility index (Phi) is 11.4. The Morgan fingerprint density at radius 2 is 1.44 bits per heavy atom. The number of hydrogen-bond donors (Lipinski definition) is 0. The molecule has 0 fully saturated rings. The fraction of sp³-hybridized carbons (Fsp3) is 0.833. The lowest BCUT2D eigenvalue weighted by Crippen LogP contribution is -1.96. The highest BCUT2D eigenvalue weighted by atomic mass is 19.3. The van der Waals surface area contributed by atoms with Gasteiger partial charge in [-0.25, -0.2) is 4.79 Å². The third kappa shape index (κ3) is 11.1. The summed E-state index contributed by atoms with van der Waals surface area (Å²) in [5.41, 5.74) is 0. The van der Waals surface area contributed by atoms with Gasteiger partial charge >= 0.3 is 5.97 Å². The number of halogens is 1. The van der Waals surface area contributed by atoms with Gasteiger partial charge < -0.3 is 4.79 Å². The number of carbonyl (C=O) groups is 2. The molecular formula is C12H21FO3. The number of unbranched alkanes of at least 4 members (excludes halogenated alkanes) is 8. The molecule has 0 saturated carbocycles. The predicted octanol–water partition coefficient (Wildman–Crippen LogP) is 3.51. The van der Waals surface area contributed by atoms with Crippen LogP contribution >= 0.6 is 0 Å². The van der Waals surface area contributed by atoms with E-state index in [9.17, 15) is 14.1 Å². The largest absolute Gasteiger partial charge is 0.348 e. The Hall–Kier alpha value is -0.930. The fourth-order valence-corrected chi connectivity index (χ4v) is 1.60. The summed E-state index contributed by atoms with van der Waals surface area (Å²) in [4.78, 5) is 23.5. The molecule has 0 rings (SSSR count). The predicted molar refractivity (Wildman–Crippen MR) is 59.4 cm³/mol. The minimum atomic E-state index is -0.770. The Bertz CT molecular complexity index is 183. The molecule has 0 saturated heterocycles. The van der Waals surface area contributed by atoms with Gasteiger partial charge in [0.2, 0.25) is 0 Å². The van der Waals surface area contributed by atoms with E-state index in [1.165, 1.54) is 12.8 Å². The lowest BCUT2D eigenvalue weighted by Gasteiger charge is -2.00. The van der Waals surface area contributed by atoms with Crippen molar-refractivity contribution >= 4 is 12.3 Å². The molecule has 94 valence electrons. The number of aldehydes is 1. The highest BCUT2D eigenvalue weighted by molar-refractivity contribution is 5.68. The summed E-state index contributed by atoms with van der Waals surface area (Å²) >= 11 is 0. The van der Waals surface area contributed by atoms with Crippen LogP contribution in [0.1, 0.15) is 64.2 Å². The van der Waals surface area contributed by atoms with Gasteiger partial charge in [0.25, 0.3) is 0 Å². The van der Waals surface area contributed by atoms with Crippen LogP contribution in [0.15, 0.2) is 0 Å². The molecule has 0 aromatic heterocycles. The maximum Gasteiger partial charge on any atom is 0.348 e. The van der Waals surface area contributed by atoms with Crippen molar-refractivity contribution in [1.29, 1.82) is 0 Å². The van der Waals surface area contributed by atoms with Crippen LogP contribution in [0.5, 0.6) is 0 Å². The summed E-state index contributed by atoms with van der Waals surface area (Å²) < 4.78 is 11.3. The second-order valence-corrected chi connectivity index (χ2v) is 3.98. The molecular weight excluding hydrogens is 211 g/mol. The standard InChI is InChI=1S/C12H21FO3/c13-16-12(15)10-8-6-4-2-1-3-5-7-9-11-14/h11H,1-10H2. The lowest BCUT2D eigenvalue weighted by atomic mass is 10.1. The number of rotatable bonds is 11. The van der Waals surface area contributed by atoms with Gasteiger partial charge in [-0.2, -0.15) is 0 Å². The Labute approximate surface area is 96.3 Å². The van der Waals surface area contributed by atoms with Crippen molar-refractivity contribution in [2.45, 2.75) is 64.2 Å². The molecule has 0 aliphatic rings.